The SMILES string of the molecule is O=C1NC(=NC2CCCCC2)S/C1=C\c1cnn(Cc2ccccc2)c1. The number of benzene rings is 1. The van der Waals surface area contributed by atoms with Gasteiger partial charge in [0.05, 0.1) is 23.7 Å². The number of nitrogens with zero attached hydrogens (tertiary/aromatic N) is 3. The van der Waals surface area contributed by atoms with Gasteiger partial charge >= 0.3 is 0 Å². The molecule has 134 valence electrons. The van der Waals surface area contributed by atoms with Crippen molar-refractivity contribution in [3.63, 3.8) is 0 Å². The number of hydrogen-bond acceptors (Lipinski definition) is 4. The van der Waals surface area contributed by atoms with Crippen molar-refractivity contribution >= 4 is 28.9 Å². The Morgan fingerprint density at radius 3 is 2.85 bits per heavy atom. The summed E-state index contributed by atoms with van der Waals surface area (Å²) < 4.78 is 1.89. The van der Waals surface area contributed by atoms with E-state index in [-0.39, 0.29) is 5.91 Å². The van der Waals surface area contributed by atoms with E-state index in [2.05, 4.69) is 22.5 Å². The summed E-state index contributed by atoms with van der Waals surface area (Å²) in [5.41, 5.74) is 2.13. The summed E-state index contributed by atoms with van der Waals surface area (Å²) in [5, 5.41) is 8.03. The van der Waals surface area contributed by atoms with Gasteiger partial charge in [0.25, 0.3) is 5.91 Å². The molecule has 26 heavy (non-hydrogen) atoms. The summed E-state index contributed by atoms with van der Waals surface area (Å²) in [6, 6.07) is 10.6. The average molecular weight is 366 g/mol. The number of thioether (sulfide) groups is 1. The van der Waals surface area contributed by atoms with Crippen LogP contribution < -0.4 is 5.32 Å². The van der Waals surface area contributed by atoms with Crippen molar-refractivity contribution in [1.29, 1.82) is 0 Å². The molecule has 2 aliphatic rings. The van der Waals surface area contributed by atoms with E-state index in [1.807, 2.05) is 35.2 Å². The van der Waals surface area contributed by atoms with Crippen molar-refractivity contribution in [2.24, 2.45) is 4.99 Å². The highest BCUT2D eigenvalue weighted by Crippen LogP contribution is 2.28. The molecule has 0 unspecified atom stereocenters. The second-order valence-corrected chi connectivity index (χ2v) is 7.78. The van der Waals surface area contributed by atoms with Crippen LogP contribution in [0.2, 0.25) is 0 Å². The highest BCUT2D eigenvalue weighted by molar-refractivity contribution is 8.18. The molecule has 0 radical (unpaired) electrons. The lowest BCUT2D eigenvalue weighted by atomic mass is 9.96. The van der Waals surface area contributed by atoms with Crippen LogP contribution in [0, 0.1) is 0 Å². The molecule has 2 heterocycles. The van der Waals surface area contributed by atoms with Gasteiger partial charge in [-0.15, -0.1) is 0 Å². The Kier molecular flexibility index (Phi) is 5.20. The lowest BCUT2D eigenvalue weighted by molar-refractivity contribution is -0.115. The van der Waals surface area contributed by atoms with Crippen molar-refractivity contribution < 1.29 is 4.79 Å². The van der Waals surface area contributed by atoms with Crippen molar-refractivity contribution in [3.05, 3.63) is 58.8 Å². The number of carbonyl (C=O) groups is 1. The molecule has 0 bridgehead atoms. The number of hydrogen-bond donors (Lipinski definition) is 1. The molecule has 2 aromatic rings. The van der Waals surface area contributed by atoms with Gasteiger partial charge in [-0.1, -0.05) is 49.6 Å². The van der Waals surface area contributed by atoms with Crippen LogP contribution in [0.5, 0.6) is 0 Å². The standard InChI is InChI=1S/C20H22N4OS/c25-19-18(26-20(23-19)22-17-9-5-2-6-10-17)11-16-12-21-24(14-16)13-15-7-3-1-4-8-15/h1,3-4,7-8,11-12,14,17H,2,5-6,9-10,13H2,(H,22,23,25)/b18-11-. The highest BCUT2D eigenvalue weighted by Gasteiger charge is 2.25. The minimum Gasteiger partial charge on any atom is -0.301 e. The summed E-state index contributed by atoms with van der Waals surface area (Å²) in [6.45, 7) is 0.720. The van der Waals surface area contributed by atoms with Crippen LogP contribution in [0.25, 0.3) is 6.08 Å². The maximum atomic E-state index is 12.2. The maximum absolute atomic E-state index is 12.2. The topological polar surface area (TPSA) is 59.3 Å². The quantitative estimate of drug-likeness (QED) is 0.837. The molecule has 1 amide bonds. The Morgan fingerprint density at radius 1 is 1.23 bits per heavy atom. The number of amides is 1. The smallest absolute Gasteiger partial charge is 0.264 e. The third kappa shape index (κ3) is 4.25. The van der Waals surface area contributed by atoms with Gasteiger partial charge in [-0.25, -0.2) is 0 Å². The predicted molar refractivity (Wildman–Crippen MR) is 106 cm³/mol. The second kappa shape index (κ2) is 7.91. The molecular weight excluding hydrogens is 344 g/mol. The largest absolute Gasteiger partial charge is 0.301 e. The van der Waals surface area contributed by atoms with Gasteiger partial charge in [0.15, 0.2) is 5.17 Å². The zero-order chi connectivity index (χ0) is 17.8. The van der Waals surface area contributed by atoms with E-state index in [1.54, 1.807) is 6.20 Å². The minimum atomic E-state index is -0.0691. The van der Waals surface area contributed by atoms with Crippen molar-refractivity contribution in [2.45, 2.75) is 44.7 Å². The zero-order valence-corrected chi connectivity index (χ0v) is 15.4. The van der Waals surface area contributed by atoms with E-state index in [0.29, 0.717) is 10.9 Å². The number of amidine groups is 1. The molecule has 0 spiro atoms. The molecule has 0 atom stereocenters. The van der Waals surface area contributed by atoms with E-state index in [9.17, 15) is 4.79 Å². The molecular formula is C20H22N4OS. The Hall–Kier alpha value is -2.34. The van der Waals surface area contributed by atoms with E-state index < -0.39 is 0 Å². The van der Waals surface area contributed by atoms with Gasteiger partial charge < -0.3 is 5.32 Å². The van der Waals surface area contributed by atoms with Crippen LogP contribution in [0.15, 0.2) is 52.6 Å². The Bertz CT molecular complexity index is 835. The highest BCUT2D eigenvalue weighted by atomic mass is 32.2. The van der Waals surface area contributed by atoms with E-state index >= 15 is 0 Å². The number of rotatable bonds is 4. The fourth-order valence-electron chi connectivity index (χ4n) is 3.33. The lowest BCUT2D eigenvalue weighted by Crippen LogP contribution is -2.22. The zero-order valence-electron chi connectivity index (χ0n) is 14.6. The first kappa shape index (κ1) is 17.1. The first-order valence-electron chi connectivity index (χ1n) is 9.11. The summed E-state index contributed by atoms with van der Waals surface area (Å²) in [7, 11) is 0. The average Bonchev–Trinajstić information content (AvgIpc) is 3.23. The monoisotopic (exact) mass is 366 g/mol. The molecule has 1 saturated carbocycles. The van der Waals surface area contributed by atoms with Crippen LogP contribution in [-0.2, 0) is 11.3 Å². The molecule has 1 aliphatic carbocycles. The van der Waals surface area contributed by atoms with Gasteiger partial charge in [0.1, 0.15) is 0 Å². The van der Waals surface area contributed by atoms with Gasteiger partial charge in [-0.2, -0.15) is 5.10 Å². The Labute approximate surface area is 157 Å². The molecule has 1 aromatic heterocycles. The molecule has 4 rings (SSSR count). The van der Waals surface area contributed by atoms with Crippen LogP contribution in [0.4, 0.5) is 0 Å². The Morgan fingerprint density at radius 2 is 2.04 bits per heavy atom. The first-order valence-corrected chi connectivity index (χ1v) is 9.93. The third-order valence-corrected chi connectivity index (χ3v) is 5.59. The minimum absolute atomic E-state index is 0.0691. The first-order chi connectivity index (χ1) is 12.8. The van der Waals surface area contributed by atoms with Crippen LogP contribution in [-0.4, -0.2) is 26.9 Å². The van der Waals surface area contributed by atoms with Gasteiger partial charge in [-0.05, 0) is 36.2 Å². The summed E-state index contributed by atoms with van der Waals surface area (Å²) in [4.78, 5) is 17.6. The van der Waals surface area contributed by atoms with E-state index in [1.165, 1.54) is 36.6 Å². The van der Waals surface area contributed by atoms with E-state index in [0.717, 1.165) is 30.1 Å². The molecule has 2 fully saturated rings. The van der Waals surface area contributed by atoms with E-state index in [4.69, 9.17) is 4.99 Å². The fraction of sp³-hybridized carbons (Fsp3) is 0.350. The summed E-state index contributed by atoms with van der Waals surface area (Å²) >= 11 is 1.43. The Balaban J connectivity index is 1.43. The normalized spacial score (nSPS) is 21.5. The van der Waals surface area contributed by atoms with Gasteiger partial charge in [0.2, 0.25) is 0 Å². The third-order valence-electron chi connectivity index (χ3n) is 4.66. The molecule has 1 aliphatic heterocycles. The summed E-state index contributed by atoms with van der Waals surface area (Å²) in [6.07, 6.45) is 11.7. The van der Waals surface area contributed by atoms with Crippen LogP contribution in [0.1, 0.15) is 43.2 Å². The van der Waals surface area contributed by atoms with Crippen molar-refractivity contribution in [2.75, 3.05) is 0 Å². The number of carbonyl (C=O) groups excluding carboxylic acids is 1. The van der Waals surface area contributed by atoms with Crippen molar-refractivity contribution in [3.8, 4) is 0 Å². The molecule has 1 saturated heterocycles. The van der Waals surface area contributed by atoms with Gasteiger partial charge in [0, 0.05) is 11.8 Å². The maximum Gasteiger partial charge on any atom is 0.264 e. The van der Waals surface area contributed by atoms with Gasteiger partial charge in [-0.3, -0.25) is 14.5 Å². The lowest BCUT2D eigenvalue weighted by Gasteiger charge is -2.17. The second-order valence-electron chi connectivity index (χ2n) is 6.75. The molecule has 5 nitrogen and oxygen atoms in total. The summed E-state index contributed by atoms with van der Waals surface area (Å²) in [5.74, 6) is -0.0691. The number of aliphatic imine (C=N–C) groups is 1. The van der Waals surface area contributed by atoms with Crippen LogP contribution >= 0.6 is 11.8 Å². The predicted octanol–water partition coefficient (Wildman–Crippen LogP) is 3.82. The molecule has 6 heteroatoms. The van der Waals surface area contributed by atoms with Crippen molar-refractivity contribution in [1.82, 2.24) is 15.1 Å². The number of aromatic nitrogens is 2. The molecule has 1 N–H and O–H groups in total. The molecule has 1 aromatic carbocycles. The number of nitrogens with one attached hydrogen (secondary N) is 1. The van der Waals surface area contributed by atoms with Crippen LogP contribution in [0.3, 0.4) is 0 Å². The fourth-order valence-corrected chi connectivity index (χ4v) is 4.22.